The lowest BCUT2D eigenvalue weighted by atomic mass is 9.75. The summed E-state index contributed by atoms with van der Waals surface area (Å²) in [6.07, 6.45) is 3.45. The van der Waals surface area contributed by atoms with Crippen molar-refractivity contribution in [2.75, 3.05) is 36.5 Å². The summed E-state index contributed by atoms with van der Waals surface area (Å²) in [6.45, 7) is 20.8. The average Bonchev–Trinajstić information content (AvgIpc) is 3.65. The highest BCUT2D eigenvalue weighted by Gasteiger charge is 2.36. The topological polar surface area (TPSA) is 135 Å². The van der Waals surface area contributed by atoms with Crippen molar-refractivity contribution in [3.8, 4) is 17.1 Å². The molecule has 1 aliphatic heterocycles. The molecule has 1 saturated carbocycles. The second-order valence-electron chi connectivity index (χ2n) is 14.0. The molecule has 2 aliphatic rings. The lowest BCUT2D eigenvalue weighted by Crippen LogP contribution is -2.37. The van der Waals surface area contributed by atoms with E-state index in [1.54, 1.807) is 10.7 Å². The maximum atomic E-state index is 13.7. The number of aromatic amines is 1. The Bertz CT molecular complexity index is 1890. The number of nitrogens with one attached hydrogen (secondary N) is 2. The van der Waals surface area contributed by atoms with Crippen LogP contribution in [0.3, 0.4) is 0 Å². The van der Waals surface area contributed by atoms with E-state index in [1.807, 2.05) is 50.2 Å². The minimum Gasteiger partial charge on any atom is -0.489 e. The summed E-state index contributed by atoms with van der Waals surface area (Å²) >= 11 is 0. The van der Waals surface area contributed by atoms with Gasteiger partial charge in [0.1, 0.15) is 17.4 Å². The van der Waals surface area contributed by atoms with Crippen LogP contribution in [0.2, 0.25) is 0 Å². The zero-order chi connectivity index (χ0) is 35.5. The number of H-pyrrole nitrogens is 1. The van der Waals surface area contributed by atoms with Crippen LogP contribution >= 0.6 is 0 Å². The lowest BCUT2D eigenvalue weighted by Gasteiger charge is -2.37. The SMILES string of the molecule is [C-]#[N+]c1cn2[nH]c(-c3ccc(N4CCOCC4)c(Nc4cc(C)ccc4OC(C)CCC(=O)O)c3)nc2c1C(=O)OC1C(C)CC(C)CC1C. The van der Waals surface area contributed by atoms with E-state index < -0.39 is 11.9 Å². The predicted molar refractivity (Wildman–Crippen MR) is 192 cm³/mol. The molecule has 264 valence electrons. The molecule has 2 aromatic heterocycles. The number of benzene rings is 2. The van der Waals surface area contributed by atoms with Gasteiger partial charge in [-0.1, -0.05) is 26.8 Å². The standard InChI is InChI=1S/C38H46N6O6/c1-22-7-11-32(49-26(5)8-12-33(45)46)29(19-22)40-28-20-27(9-10-31(28)43-13-15-48-16-14-43)36-41-37-34(30(39-6)21-44(37)42-36)38(47)50-35-24(3)17-23(2)18-25(35)4/h7,9-11,19-21,23-26,35,40H,8,12-18H2,1-5H3,(H,41,42)(H,45,46). The molecule has 3 heterocycles. The summed E-state index contributed by atoms with van der Waals surface area (Å²) in [6, 6.07) is 11.9. The van der Waals surface area contributed by atoms with Gasteiger partial charge < -0.3 is 29.5 Å². The molecule has 1 aliphatic carbocycles. The maximum Gasteiger partial charge on any atom is 0.331 e. The molecule has 0 amide bonds. The number of carbonyl (C=O) groups is 2. The monoisotopic (exact) mass is 682 g/mol. The van der Waals surface area contributed by atoms with Gasteiger partial charge in [0.25, 0.3) is 0 Å². The number of nitrogens with zero attached hydrogens (tertiary/aromatic N) is 4. The first-order valence-corrected chi connectivity index (χ1v) is 17.4. The lowest BCUT2D eigenvalue weighted by molar-refractivity contribution is -0.137. The van der Waals surface area contributed by atoms with Crippen LogP contribution in [-0.2, 0) is 14.3 Å². The second kappa shape index (κ2) is 14.8. The molecular weight excluding hydrogens is 636 g/mol. The number of ether oxygens (including phenoxy) is 3. The van der Waals surface area contributed by atoms with Crippen molar-refractivity contribution in [3.05, 3.63) is 65.1 Å². The minimum absolute atomic E-state index is 0.0195. The summed E-state index contributed by atoms with van der Waals surface area (Å²) in [4.78, 5) is 35.6. The number of hydrogen-bond acceptors (Lipinski definition) is 8. The predicted octanol–water partition coefficient (Wildman–Crippen LogP) is 7.63. The Morgan fingerprint density at radius 1 is 1.12 bits per heavy atom. The molecule has 2 aromatic carbocycles. The molecular formula is C38H46N6O6. The summed E-state index contributed by atoms with van der Waals surface area (Å²) in [5, 5.41) is 16.0. The number of carboxylic acid groups (broad SMARTS) is 1. The van der Waals surface area contributed by atoms with Crippen LogP contribution in [0.4, 0.5) is 22.7 Å². The van der Waals surface area contributed by atoms with Crippen molar-refractivity contribution >= 4 is 40.3 Å². The van der Waals surface area contributed by atoms with E-state index >= 15 is 0 Å². The molecule has 2 fully saturated rings. The van der Waals surface area contributed by atoms with Crippen LogP contribution in [0, 0.1) is 31.2 Å². The molecule has 4 aromatic rings. The highest BCUT2D eigenvalue weighted by molar-refractivity contribution is 6.03. The molecule has 1 saturated heterocycles. The van der Waals surface area contributed by atoms with Crippen LogP contribution < -0.4 is 15.0 Å². The summed E-state index contributed by atoms with van der Waals surface area (Å²) < 4.78 is 19.6. The van der Waals surface area contributed by atoms with E-state index in [0.29, 0.717) is 42.8 Å². The number of aromatic nitrogens is 3. The minimum atomic E-state index is -0.859. The molecule has 3 N–H and O–H groups in total. The van der Waals surface area contributed by atoms with E-state index in [9.17, 15) is 9.59 Å². The summed E-state index contributed by atoms with van der Waals surface area (Å²) in [5.74, 6) is 0.792. The van der Waals surface area contributed by atoms with Gasteiger partial charge in [0.05, 0.1) is 43.0 Å². The van der Waals surface area contributed by atoms with Gasteiger partial charge in [-0.3, -0.25) is 14.4 Å². The van der Waals surface area contributed by atoms with Crippen LogP contribution in [0.5, 0.6) is 5.75 Å². The van der Waals surface area contributed by atoms with Gasteiger partial charge in [-0.25, -0.2) is 14.6 Å². The molecule has 3 unspecified atom stereocenters. The van der Waals surface area contributed by atoms with E-state index in [1.165, 1.54) is 0 Å². The number of fused-ring (bicyclic) bond motifs is 1. The Kier molecular flexibility index (Phi) is 10.3. The quantitative estimate of drug-likeness (QED) is 0.108. The van der Waals surface area contributed by atoms with Crippen molar-refractivity contribution in [2.24, 2.45) is 17.8 Å². The van der Waals surface area contributed by atoms with Gasteiger partial charge in [0.15, 0.2) is 11.5 Å². The zero-order valence-corrected chi connectivity index (χ0v) is 29.4. The van der Waals surface area contributed by atoms with E-state index in [2.05, 4.69) is 40.9 Å². The molecule has 50 heavy (non-hydrogen) atoms. The van der Waals surface area contributed by atoms with Crippen molar-refractivity contribution in [1.82, 2.24) is 14.6 Å². The fourth-order valence-corrected chi connectivity index (χ4v) is 7.40. The second-order valence-corrected chi connectivity index (χ2v) is 14.0. The molecule has 12 nitrogen and oxygen atoms in total. The van der Waals surface area contributed by atoms with Crippen molar-refractivity contribution in [2.45, 2.75) is 72.5 Å². The van der Waals surface area contributed by atoms with Gasteiger partial charge in [0.2, 0.25) is 5.69 Å². The van der Waals surface area contributed by atoms with Crippen LogP contribution in [-0.4, -0.2) is 70.2 Å². The fraction of sp³-hybridized carbons (Fsp3) is 0.474. The third-order valence-electron chi connectivity index (χ3n) is 9.76. The molecule has 3 atom stereocenters. The number of aryl methyl sites for hydroxylation is 1. The molecule has 0 bridgehead atoms. The van der Waals surface area contributed by atoms with Crippen molar-refractivity contribution in [3.63, 3.8) is 0 Å². The van der Waals surface area contributed by atoms with E-state index in [-0.39, 0.29) is 41.7 Å². The van der Waals surface area contributed by atoms with E-state index in [0.717, 1.165) is 54.1 Å². The number of hydrogen-bond donors (Lipinski definition) is 3. The number of aliphatic carboxylic acids is 1. The highest BCUT2D eigenvalue weighted by Crippen LogP contribution is 2.39. The Morgan fingerprint density at radius 2 is 1.86 bits per heavy atom. The van der Waals surface area contributed by atoms with Gasteiger partial charge >= 0.3 is 11.9 Å². The molecule has 12 heteroatoms. The first-order valence-electron chi connectivity index (χ1n) is 17.4. The first-order chi connectivity index (χ1) is 24.0. The van der Waals surface area contributed by atoms with Gasteiger partial charge in [-0.2, -0.15) is 0 Å². The Labute approximate surface area is 292 Å². The van der Waals surface area contributed by atoms with Gasteiger partial charge in [0, 0.05) is 31.3 Å². The molecule has 6 rings (SSSR count). The normalized spacial score (nSPS) is 21.4. The maximum absolute atomic E-state index is 13.7. The zero-order valence-electron chi connectivity index (χ0n) is 29.4. The number of carbonyl (C=O) groups excluding carboxylic acids is 1. The van der Waals surface area contributed by atoms with Crippen LogP contribution in [0.1, 0.15) is 69.3 Å². The number of carboxylic acids is 1. The summed E-state index contributed by atoms with van der Waals surface area (Å²) in [5.41, 5.74) is 5.05. The number of esters is 1. The number of anilines is 3. The highest BCUT2D eigenvalue weighted by atomic mass is 16.5. The molecule has 0 spiro atoms. The largest absolute Gasteiger partial charge is 0.489 e. The Balaban J connectivity index is 1.34. The van der Waals surface area contributed by atoms with Crippen molar-refractivity contribution in [1.29, 1.82) is 0 Å². The third-order valence-corrected chi connectivity index (χ3v) is 9.76. The number of rotatable bonds is 11. The Hall–Kier alpha value is -5.02. The average molecular weight is 683 g/mol. The van der Waals surface area contributed by atoms with E-state index in [4.69, 9.17) is 30.9 Å². The Morgan fingerprint density at radius 3 is 2.56 bits per heavy atom. The summed E-state index contributed by atoms with van der Waals surface area (Å²) in [7, 11) is 0. The van der Waals surface area contributed by atoms with Gasteiger partial charge in [-0.05, 0) is 86.8 Å². The third kappa shape index (κ3) is 7.58. The fourth-order valence-electron chi connectivity index (χ4n) is 7.40. The number of morpholine rings is 1. The molecule has 0 radical (unpaired) electrons. The first kappa shape index (κ1) is 34.8. The van der Waals surface area contributed by atoms with Crippen LogP contribution in [0.15, 0.2) is 42.6 Å². The van der Waals surface area contributed by atoms with Crippen molar-refractivity contribution < 1.29 is 28.9 Å². The van der Waals surface area contributed by atoms with Crippen LogP contribution in [0.25, 0.3) is 21.9 Å². The smallest absolute Gasteiger partial charge is 0.331 e. The van der Waals surface area contributed by atoms with Gasteiger partial charge in [-0.15, -0.1) is 0 Å².